The van der Waals surface area contributed by atoms with Crippen molar-refractivity contribution in [1.29, 1.82) is 0 Å². The number of anilines is 1. The molecule has 10 heteroatoms. The van der Waals surface area contributed by atoms with Gasteiger partial charge in [-0.3, -0.25) is 4.72 Å². The molecule has 0 aliphatic rings. The van der Waals surface area contributed by atoms with Crippen LogP contribution in [0.25, 0.3) is 10.9 Å². The first-order chi connectivity index (χ1) is 12.4. The number of hydrogen-bond donors (Lipinski definition) is 4. The van der Waals surface area contributed by atoms with Gasteiger partial charge in [0.25, 0.3) is 10.0 Å². The average Bonchev–Trinajstić information content (AvgIpc) is 3.03. The summed E-state index contributed by atoms with van der Waals surface area (Å²) in [6, 6.07) is 13.4. The Bertz CT molecular complexity index is 1100. The van der Waals surface area contributed by atoms with Crippen molar-refractivity contribution < 1.29 is 8.42 Å². The van der Waals surface area contributed by atoms with Gasteiger partial charge in [-0.1, -0.05) is 18.2 Å². The van der Waals surface area contributed by atoms with E-state index in [0.29, 0.717) is 11.4 Å². The van der Waals surface area contributed by atoms with Crippen molar-refractivity contribution >= 4 is 50.7 Å². The zero-order valence-electron chi connectivity index (χ0n) is 14.4. The van der Waals surface area contributed by atoms with Gasteiger partial charge in [-0.05, 0) is 37.3 Å². The second-order valence-electron chi connectivity index (χ2n) is 5.59. The molecule has 1 heterocycles. The number of H-pyrrole nitrogens is 1. The number of nitrogens with zero attached hydrogens (tertiary/aromatic N) is 2. The molecule has 2 aromatic carbocycles. The molecule has 27 heavy (non-hydrogen) atoms. The molecule has 8 nitrogen and oxygen atoms in total. The average molecular weight is 407 g/mol. The van der Waals surface area contributed by atoms with E-state index in [1.165, 1.54) is 12.1 Å². The number of rotatable bonds is 5. The maximum Gasteiger partial charge on any atom is 0.261 e. The molecule has 0 radical (unpaired) electrons. The number of aromatic nitrogens is 1. The van der Waals surface area contributed by atoms with E-state index >= 15 is 0 Å². The predicted octanol–water partition coefficient (Wildman–Crippen LogP) is 2.39. The van der Waals surface area contributed by atoms with Crippen LogP contribution in [0.3, 0.4) is 0 Å². The van der Waals surface area contributed by atoms with Crippen LogP contribution >= 0.6 is 12.4 Å². The summed E-state index contributed by atoms with van der Waals surface area (Å²) in [5.41, 5.74) is 13.2. The van der Waals surface area contributed by atoms with Crippen LogP contribution in [0.1, 0.15) is 12.5 Å². The third kappa shape index (κ3) is 4.57. The summed E-state index contributed by atoms with van der Waals surface area (Å²) in [5, 5.41) is 8.40. The van der Waals surface area contributed by atoms with Crippen molar-refractivity contribution in [1.82, 2.24) is 4.98 Å². The Morgan fingerprint density at radius 2 is 1.78 bits per heavy atom. The third-order valence-corrected chi connectivity index (χ3v) is 5.09. The molecule has 3 aromatic rings. The van der Waals surface area contributed by atoms with Gasteiger partial charge in [-0.25, -0.2) is 8.42 Å². The molecule has 0 spiro atoms. The molecule has 1 aromatic heterocycles. The molecule has 0 saturated carbocycles. The highest BCUT2D eigenvalue weighted by atomic mass is 35.5. The maximum absolute atomic E-state index is 12.5. The van der Waals surface area contributed by atoms with Crippen LogP contribution in [0.5, 0.6) is 0 Å². The van der Waals surface area contributed by atoms with Crippen LogP contribution in [-0.4, -0.2) is 25.1 Å². The summed E-state index contributed by atoms with van der Waals surface area (Å²) in [6.45, 7) is 1.76. The predicted molar refractivity (Wildman–Crippen MR) is 111 cm³/mol. The Morgan fingerprint density at radius 1 is 1.07 bits per heavy atom. The van der Waals surface area contributed by atoms with Crippen molar-refractivity contribution in [3.8, 4) is 0 Å². The lowest BCUT2D eigenvalue weighted by molar-refractivity contribution is 0.601. The number of benzene rings is 2. The minimum absolute atomic E-state index is 0. The second kappa shape index (κ2) is 8.11. The number of aromatic amines is 1. The van der Waals surface area contributed by atoms with Crippen molar-refractivity contribution in [2.45, 2.75) is 11.8 Å². The van der Waals surface area contributed by atoms with Crippen LogP contribution in [0, 0.1) is 0 Å². The molecule has 0 amide bonds. The van der Waals surface area contributed by atoms with Crippen LogP contribution < -0.4 is 16.2 Å². The minimum Gasteiger partial charge on any atom is -0.369 e. The van der Waals surface area contributed by atoms with Crippen LogP contribution in [0.15, 0.2) is 69.8 Å². The van der Waals surface area contributed by atoms with E-state index in [0.717, 1.165) is 16.5 Å². The number of nitrogens with two attached hydrogens (primary N) is 2. The van der Waals surface area contributed by atoms with E-state index in [4.69, 9.17) is 11.5 Å². The van der Waals surface area contributed by atoms with E-state index in [1.54, 1.807) is 49.5 Å². The topological polar surface area (TPSA) is 139 Å². The highest BCUT2D eigenvalue weighted by Gasteiger charge is 2.15. The normalized spacial score (nSPS) is 11.7. The summed E-state index contributed by atoms with van der Waals surface area (Å²) in [6.07, 6.45) is 1.77. The summed E-state index contributed by atoms with van der Waals surface area (Å²) in [5.74, 6) is -0.138. The number of guanidine groups is 1. The molecule has 142 valence electrons. The molecule has 0 atom stereocenters. The molecule has 0 fully saturated rings. The Kier molecular flexibility index (Phi) is 6.09. The van der Waals surface area contributed by atoms with E-state index in [9.17, 15) is 8.42 Å². The first-order valence-corrected chi connectivity index (χ1v) is 9.18. The molecule has 0 unspecified atom stereocenters. The summed E-state index contributed by atoms with van der Waals surface area (Å²) >= 11 is 0. The Morgan fingerprint density at radius 3 is 2.44 bits per heavy atom. The largest absolute Gasteiger partial charge is 0.369 e. The summed E-state index contributed by atoms with van der Waals surface area (Å²) < 4.78 is 27.6. The van der Waals surface area contributed by atoms with Crippen LogP contribution in [0.2, 0.25) is 0 Å². The first-order valence-electron chi connectivity index (χ1n) is 7.69. The van der Waals surface area contributed by atoms with Crippen LogP contribution in [0.4, 0.5) is 5.69 Å². The van der Waals surface area contributed by atoms with E-state index in [2.05, 4.69) is 19.9 Å². The number of sulfonamides is 1. The minimum atomic E-state index is -3.66. The van der Waals surface area contributed by atoms with Gasteiger partial charge in [0.15, 0.2) is 0 Å². The summed E-state index contributed by atoms with van der Waals surface area (Å²) in [7, 11) is -3.66. The molecule has 0 aliphatic heterocycles. The van der Waals surface area contributed by atoms with Crippen molar-refractivity contribution in [3.63, 3.8) is 0 Å². The standard InChI is InChI=1S/C17H18N6O2S.ClH/c1-11(21-22-17(18)19)15-10-20-16-8-7-12(9-14(15)16)23-26(24,25)13-5-3-2-4-6-13;/h2-10,20,23H,1H3,(H4,18,19,22);1H/b21-11-;. The Balaban J connectivity index is 0.00000261. The van der Waals surface area contributed by atoms with Gasteiger partial charge in [0, 0.05) is 28.4 Å². The third-order valence-electron chi connectivity index (χ3n) is 3.69. The molecule has 0 saturated heterocycles. The monoisotopic (exact) mass is 406 g/mol. The second-order valence-corrected chi connectivity index (χ2v) is 7.27. The number of hydrogen-bond acceptors (Lipinski definition) is 4. The first kappa shape index (κ1) is 20.3. The van der Waals surface area contributed by atoms with Gasteiger partial charge >= 0.3 is 0 Å². The lowest BCUT2D eigenvalue weighted by Gasteiger charge is -2.08. The summed E-state index contributed by atoms with van der Waals surface area (Å²) in [4.78, 5) is 3.30. The van der Waals surface area contributed by atoms with Gasteiger partial charge in [-0.2, -0.15) is 5.10 Å². The van der Waals surface area contributed by atoms with Crippen molar-refractivity contribution in [2.24, 2.45) is 21.7 Å². The molecular formula is C17H19ClN6O2S. The van der Waals surface area contributed by atoms with Gasteiger partial charge in [-0.15, -0.1) is 17.5 Å². The van der Waals surface area contributed by atoms with Gasteiger partial charge in [0.1, 0.15) is 0 Å². The number of halogens is 1. The van der Waals surface area contributed by atoms with E-state index in [1.807, 2.05) is 0 Å². The van der Waals surface area contributed by atoms with E-state index < -0.39 is 10.0 Å². The van der Waals surface area contributed by atoms with Gasteiger partial charge in [0.2, 0.25) is 5.96 Å². The van der Waals surface area contributed by atoms with Gasteiger partial charge in [0.05, 0.1) is 10.6 Å². The van der Waals surface area contributed by atoms with Crippen molar-refractivity contribution in [2.75, 3.05) is 4.72 Å². The SMILES string of the molecule is C/C(=N/N=C(N)N)c1c[nH]c2ccc(NS(=O)(=O)c3ccccc3)cc12.Cl. The molecule has 3 rings (SSSR count). The lowest BCUT2D eigenvalue weighted by Crippen LogP contribution is -2.22. The molecule has 0 aliphatic carbocycles. The maximum atomic E-state index is 12.5. The Labute approximate surface area is 162 Å². The fourth-order valence-corrected chi connectivity index (χ4v) is 3.55. The fourth-order valence-electron chi connectivity index (χ4n) is 2.48. The highest BCUT2D eigenvalue weighted by Crippen LogP contribution is 2.25. The van der Waals surface area contributed by atoms with Crippen LogP contribution in [-0.2, 0) is 10.0 Å². The fraction of sp³-hybridized carbons (Fsp3) is 0.0588. The Hall–Kier alpha value is -3.04. The van der Waals surface area contributed by atoms with Gasteiger partial charge < -0.3 is 16.5 Å². The van der Waals surface area contributed by atoms with Crippen molar-refractivity contribution in [3.05, 3.63) is 60.3 Å². The quantitative estimate of drug-likeness (QED) is 0.293. The van der Waals surface area contributed by atoms with E-state index in [-0.39, 0.29) is 23.3 Å². The molecule has 0 bridgehead atoms. The zero-order chi connectivity index (χ0) is 18.7. The molecular weight excluding hydrogens is 388 g/mol. The molecule has 6 N–H and O–H groups in total. The smallest absolute Gasteiger partial charge is 0.261 e. The zero-order valence-corrected chi connectivity index (χ0v) is 16.0. The highest BCUT2D eigenvalue weighted by molar-refractivity contribution is 7.92. The number of fused-ring (bicyclic) bond motifs is 1. The number of nitrogens with one attached hydrogen (secondary N) is 2. The lowest BCUT2D eigenvalue weighted by atomic mass is 10.1.